The van der Waals surface area contributed by atoms with Crippen LogP contribution in [0.2, 0.25) is 0 Å². The van der Waals surface area contributed by atoms with E-state index in [1.807, 2.05) is 13.1 Å². The van der Waals surface area contributed by atoms with E-state index in [2.05, 4.69) is 15.0 Å². The molecule has 2 heterocycles. The monoisotopic (exact) mass is 262 g/mol. The highest BCUT2D eigenvalue weighted by atomic mass is 16.5. The Bertz CT molecular complexity index is 514. The Morgan fingerprint density at radius 3 is 2.95 bits per heavy atom. The van der Waals surface area contributed by atoms with Crippen LogP contribution in [0.15, 0.2) is 4.99 Å². The van der Waals surface area contributed by atoms with Crippen molar-refractivity contribution in [3.63, 3.8) is 0 Å². The number of fused-ring (bicyclic) bond motifs is 1. The third-order valence-corrected chi connectivity index (χ3v) is 3.00. The second-order valence-corrected chi connectivity index (χ2v) is 4.61. The Balaban J connectivity index is 1.89. The number of rotatable bonds is 5. The molecule has 0 aromatic carbocycles. The highest BCUT2D eigenvalue weighted by Gasteiger charge is 2.23. The van der Waals surface area contributed by atoms with E-state index in [0.717, 1.165) is 25.0 Å². The van der Waals surface area contributed by atoms with Crippen molar-refractivity contribution in [2.24, 2.45) is 4.99 Å². The predicted molar refractivity (Wildman–Crippen MR) is 72.6 cm³/mol. The highest BCUT2D eigenvalue weighted by Crippen LogP contribution is 2.36. The van der Waals surface area contributed by atoms with Gasteiger partial charge in [0.25, 0.3) is 0 Å². The Labute approximate surface area is 112 Å². The molecule has 1 aliphatic heterocycles. The largest absolute Gasteiger partial charge is 0.466 e. The van der Waals surface area contributed by atoms with Crippen LogP contribution in [0.4, 0.5) is 11.5 Å². The van der Waals surface area contributed by atoms with Gasteiger partial charge in [-0.1, -0.05) is 0 Å². The third kappa shape index (κ3) is 3.27. The second-order valence-electron chi connectivity index (χ2n) is 4.61. The predicted octanol–water partition coefficient (Wildman–Crippen LogP) is 1.90. The van der Waals surface area contributed by atoms with Crippen LogP contribution in [-0.2, 0) is 9.53 Å². The van der Waals surface area contributed by atoms with Crippen LogP contribution in [-0.4, -0.2) is 28.8 Å². The molecule has 0 aliphatic carbocycles. The fraction of sp³-hybridized carbons (Fsp3) is 0.538. The zero-order valence-corrected chi connectivity index (χ0v) is 11.2. The molecule has 0 bridgehead atoms. The van der Waals surface area contributed by atoms with Crippen molar-refractivity contribution in [2.45, 2.75) is 39.0 Å². The first-order valence-corrected chi connectivity index (χ1v) is 6.39. The van der Waals surface area contributed by atoms with Gasteiger partial charge in [-0.05, 0) is 26.2 Å². The van der Waals surface area contributed by atoms with E-state index in [4.69, 9.17) is 10.5 Å². The topological polar surface area (TPSA) is 90.5 Å². The summed E-state index contributed by atoms with van der Waals surface area (Å²) in [6.07, 6.45) is 4.60. The summed E-state index contributed by atoms with van der Waals surface area (Å²) in [5, 5.41) is 0. The molecule has 19 heavy (non-hydrogen) atoms. The summed E-state index contributed by atoms with van der Waals surface area (Å²) in [5.41, 5.74) is 7.44. The average Bonchev–Trinajstić information content (AvgIpc) is 2.72. The number of esters is 1. The van der Waals surface area contributed by atoms with Crippen molar-refractivity contribution < 1.29 is 9.53 Å². The zero-order chi connectivity index (χ0) is 13.8. The molecule has 2 rings (SSSR count). The van der Waals surface area contributed by atoms with Crippen LogP contribution in [0, 0.1) is 6.92 Å². The fourth-order valence-electron chi connectivity index (χ4n) is 2.13. The number of aliphatic imine (C=N–C) groups is 1. The van der Waals surface area contributed by atoms with Gasteiger partial charge in [-0.15, -0.1) is 0 Å². The van der Waals surface area contributed by atoms with Crippen molar-refractivity contribution in [3.05, 3.63) is 11.5 Å². The molecule has 0 amide bonds. The maximum absolute atomic E-state index is 10.6. The molecule has 0 radical (unpaired) electrons. The summed E-state index contributed by atoms with van der Waals surface area (Å²) in [7, 11) is 0. The average molecular weight is 262 g/mol. The number of nitrogen functional groups attached to an aromatic ring is 1. The second kappa shape index (κ2) is 5.77. The van der Waals surface area contributed by atoms with Crippen molar-refractivity contribution in [1.82, 2.24) is 9.97 Å². The van der Waals surface area contributed by atoms with Gasteiger partial charge in [0.2, 0.25) is 0 Å². The molecule has 1 aromatic rings. The number of hydrogen-bond acceptors (Lipinski definition) is 6. The molecular weight excluding hydrogens is 244 g/mol. The number of unbranched alkanes of at least 4 members (excludes halogenated alkanes) is 1. The molecule has 1 unspecified atom stereocenters. The maximum atomic E-state index is 10.6. The zero-order valence-electron chi connectivity index (χ0n) is 11.2. The van der Waals surface area contributed by atoms with Crippen LogP contribution in [0.3, 0.4) is 0 Å². The molecule has 6 heteroatoms. The first-order chi connectivity index (χ1) is 9.08. The summed E-state index contributed by atoms with van der Waals surface area (Å²) in [4.78, 5) is 23.4. The van der Waals surface area contributed by atoms with Gasteiger partial charge in [0, 0.05) is 19.1 Å². The Kier molecular flexibility index (Phi) is 4.09. The minimum atomic E-state index is -0.232. The summed E-state index contributed by atoms with van der Waals surface area (Å²) in [5.74, 6) is 1.08. The smallest absolute Gasteiger partial charge is 0.302 e. The summed E-state index contributed by atoms with van der Waals surface area (Å²) >= 11 is 0. The van der Waals surface area contributed by atoms with E-state index in [-0.39, 0.29) is 11.9 Å². The lowest BCUT2D eigenvalue weighted by Gasteiger charge is -2.09. The molecule has 0 fully saturated rings. The van der Waals surface area contributed by atoms with E-state index < -0.39 is 0 Å². The number of nitrogens with zero attached hydrogens (tertiary/aromatic N) is 3. The minimum absolute atomic E-state index is 0.191. The quantitative estimate of drug-likeness (QED) is 0.646. The van der Waals surface area contributed by atoms with Crippen LogP contribution in [0.5, 0.6) is 0 Å². The lowest BCUT2D eigenvalue weighted by atomic mass is 10.0. The minimum Gasteiger partial charge on any atom is -0.466 e. The number of carbonyl (C=O) groups excluding carboxylic acids is 1. The Hall–Kier alpha value is -1.98. The van der Waals surface area contributed by atoms with Gasteiger partial charge in [0.15, 0.2) is 5.82 Å². The lowest BCUT2D eigenvalue weighted by molar-refractivity contribution is -0.141. The normalized spacial score (nSPS) is 16.4. The van der Waals surface area contributed by atoms with Crippen molar-refractivity contribution >= 4 is 23.7 Å². The summed E-state index contributed by atoms with van der Waals surface area (Å²) in [6.45, 7) is 3.71. The van der Waals surface area contributed by atoms with Gasteiger partial charge in [0.1, 0.15) is 11.5 Å². The molecule has 1 aromatic heterocycles. The number of carbonyl (C=O) groups is 1. The first kappa shape index (κ1) is 13.5. The van der Waals surface area contributed by atoms with E-state index in [1.165, 1.54) is 6.92 Å². The summed E-state index contributed by atoms with van der Waals surface area (Å²) in [6, 6.07) is 0. The number of hydrogen-bond donors (Lipinski definition) is 1. The van der Waals surface area contributed by atoms with Crippen LogP contribution >= 0.6 is 0 Å². The number of aryl methyl sites for hydroxylation is 1. The van der Waals surface area contributed by atoms with Gasteiger partial charge in [0.05, 0.1) is 12.3 Å². The van der Waals surface area contributed by atoms with Gasteiger partial charge in [-0.3, -0.25) is 9.79 Å². The molecule has 0 spiro atoms. The third-order valence-electron chi connectivity index (χ3n) is 3.00. The van der Waals surface area contributed by atoms with Gasteiger partial charge in [-0.25, -0.2) is 9.97 Å². The summed E-state index contributed by atoms with van der Waals surface area (Å²) < 4.78 is 4.90. The molecule has 2 N–H and O–H groups in total. The van der Waals surface area contributed by atoms with E-state index in [1.54, 1.807) is 0 Å². The molecule has 0 saturated carbocycles. The number of nitrogens with two attached hydrogens (primary N) is 1. The van der Waals surface area contributed by atoms with Crippen LogP contribution in [0.1, 0.15) is 43.6 Å². The molecule has 6 nitrogen and oxygen atoms in total. The van der Waals surface area contributed by atoms with Crippen LogP contribution < -0.4 is 5.73 Å². The van der Waals surface area contributed by atoms with Crippen LogP contribution in [0.25, 0.3) is 0 Å². The molecule has 1 atom stereocenters. The molecule has 0 saturated heterocycles. The fourth-order valence-corrected chi connectivity index (χ4v) is 2.13. The Morgan fingerprint density at radius 1 is 1.42 bits per heavy atom. The van der Waals surface area contributed by atoms with Gasteiger partial charge >= 0.3 is 5.97 Å². The number of ether oxygens (including phenoxy) is 1. The molecule has 102 valence electrons. The Morgan fingerprint density at radius 2 is 2.21 bits per heavy atom. The molecule has 1 aliphatic rings. The number of anilines is 1. The van der Waals surface area contributed by atoms with Crippen molar-refractivity contribution in [1.29, 1.82) is 0 Å². The lowest BCUT2D eigenvalue weighted by Crippen LogP contribution is -2.05. The number of aromatic nitrogens is 2. The van der Waals surface area contributed by atoms with Gasteiger partial charge in [-0.2, -0.15) is 0 Å². The highest BCUT2D eigenvalue weighted by molar-refractivity contribution is 5.83. The van der Waals surface area contributed by atoms with Crippen molar-refractivity contribution in [2.75, 3.05) is 12.3 Å². The van der Waals surface area contributed by atoms with E-state index in [0.29, 0.717) is 23.9 Å². The first-order valence-electron chi connectivity index (χ1n) is 6.39. The van der Waals surface area contributed by atoms with Gasteiger partial charge < -0.3 is 10.5 Å². The maximum Gasteiger partial charge on any atom is 0.302 e. The molecular formula is C13H18N4O2. The van der Waals surface area contributed by atoms with E-state index in [9.17, 15) is 4.79 Å². The standard InChI is InChI=1S/C13H18N4O2/c1-8-16-11-10(5-3-4-6-19-9(2)18)7-15-12(11)13(14)17-8/h7,10H,3-6H2,1-2H3,(H2,14,16,17). The van der Waals surface area contributed by atoms with Crippen molar-refractivity contribution in [3.8, 4) is 0 Å². The van der Waals surface area contributed by atoms with E-state index >= 15 is 0 Å². The SMILES string of the molecule is CC(=O)OCCCCC1C=Nc2c(N)nc(C)nc21.